The van der Waals surface area contributed by atoms with Gasteiger partial charge >= 0.3 is 0 Å². The van der Waals surface area contributed by atoms with Gasteiger partial charge in [0.25, 0.3) is 5.91 Å². The molecule has 2 aromatic carbocycles. The van der Waals surface area contributed by atoms with Gasteiger partial charge < -0.3 is 15.1 Å². The van der Waals surface area contributed by atoms with Gasteiger partial charge in [-0.2, -0.15) is 0 Å². The number of hydrogen-bond donors (Lipinski definition) is 2. The summed E-state index contributed by atoms with van der Waals surface area (Å²) in [6.07, 6.45) is 1.05. The molecule has 0 fully saturated rings. The highest BCUT2D eigenvalue weighted by Gasteiger charge is 2.18. The van der Waals surface area contributed by atoms with Crippen molar-refractivity contribution in [2.45, 2.75) is 20.3 Å². The minimum atomic E-state index is -0.245. The lowest BCUT2D eigenvalue weighted by molar-refractivity contribution is 0.0954. The van der Waals surface area contributed by atoms with Crippen molar-refractivity contribution >= 4 is 29.3 Å². The van der Waals surface area contributed by atoms with Crippen LogP contribution in [0.15, 0.2) is 57.7 Å². The van der Waals surface area contributed by atoms with Crippen LogP contribution in [-0.2, 0) is 0 Å². The Morgan fingerprint density at radius 3 is 2.46 bits per heavy atom. The highest BCUT2D eigenvalue weighted by atomic mass is 35.5. The summed E-state index contributed by atoms with van der Waals surface area (Å²) in [6, 6.07) is 14.6. The number of carbonyl (C=O) groups is 1. The molecule has 28 heavy (non-hydrogen) atoms. The first-order chi connectivity index (χ1) is 13.1. The van der Waals surface area contributed by atoms with Crippen LogP contribution in [0, 0.1) is 6.92 Å². The molecule has 0 atom stereocenters. The van der Waals surface area contributed by atoms with Crippen LogP contribution in [0.3, 0.4) is 0 Å². The van der Waals surface area contributed by atoms with E-state index in [1.807, 2.05) is 30.3 Å². The van der Waals surface area contributed by atoms with Crippen molar-refractivity contribution in [3.05, 3.63) is 69.9 Å². The van der Waals surface area contributed by atoms with Gasteiger partial charge in [0.2, 0.25) is 0 Å². The standard InChI is InChI=1S/C22H24N2O3.ClH/c1-3-12-23-13-14-24-22(26)18-11-7-10-17-19(25)15(2)20(27-21(17)18)16-8-5-4-6-9-16;/h4-11,23H,3,12-14H2,1-2H3,(H,24,26);1H. The molecule has 2 N–H and O–H groups in total. The fourth-order valence-electron chi connectivity index (χ4n) is 3.01. The van der Waals surface area contributed by atoms with E-state index in [9.17, 15) is 9.59 Å². The van der Waals surface area contributed by atoms with E-state index < -0.39 is 0 Å². The van der Waals surface area contributed by atoms with Gasteiger partial charge in [0, 0.05) is 24.2 Å². The van der Waals surface area contributed by atoms with E-state index in [-0.39, 0.29) is 23.7 Å². The Morgan fingerprint density at radius 1 is 1.00 bits per heavy atom. The second kappa shape index (κ2) is 10.1. The SMILES string of the molecule is CCCNCCNC(=O)c1cccc2c(=O)c(C)c(-c3ccccc3)oc12.Cl. The summed E-state index contributed by atoms with van der Waals surface area (Å²) in [5.41, 5.74) is 1.93. The largest absolute Gasteiger partial charge is 0.455 e. The average Bonchev–Trinajstić information content (AvgIpc) is 2.70. The van der Waals surface area contributed by atoms with Crippen LogP contribution in [-0.4, -0.2) is 25.5 Å². The van der Waals surface area contributed by atoms with E-state index in [0.717, 1.165) is 18.5 Å². The van der Waals surface area contributed by atoms with Crippen LogP contribution < -0.4 is 16.1 Å². The maximum atomic E-state index is 12.8. The minimum Gasteiger partial charge on any atom is -0.455 e. The number of hydrogen-bond acceptors (Lipinski definition) is 4. The Labute approximate surface area is 170 Å². The van der Waals surface area contributed by atoms with E-state index in [2.05, 4.69) is 17.6 Å². The Balaban J connectivity index is 0.00000280. The zero-order valence-electron chi connectivity index (χ0n) is 16.1. The van der Waals surface area contributed by atoms with Crippen LogP contribution in [0.4, 0.5) is 0 Å². The molecule has 0 aliphatic rings. The third-order valence-electron chi connectivity index (χ3n) is 4.44. The van der Waals surface area contributed by atoms with E-state index in [0.29, 0.717) is 40.9 Å². The van der Waals surface area contributed by atoms with Crippen LogP contribution >= 0.6 is 12.4 Å². The number of halogens is 1. The predicted molar refractivity (Wildman–Crippen MR) is 115 cm³/mol. The summed E-state index contributed by atoms with van der Waals surface area (Å²) < 4.78 is 6.08. The van der Waals surface area contributed by atoms with Gasteiger partial charge in [-0.1, -0.05) is 43.3 Å². The summed E-state index contributed by atoms with van der Waals surface area (Å²) in [4.78, 5) is 25.5. The van der Waals surface area contributed by atoms with Crippen LogP contribution in [0.2, 0.25) is 0 Å². The zero-order chi connectivity index (χ0) is 19.2. The highest BCUT2D eigenvalue weighted by Crippen LogP contribution is 2.27. The van der Waals surface area contributed by atoms with Gasteiger partial charge in [0.05, 0.1) is 10.9 Å². The first kappa shape index (κ1) is 21.7. The Morgan fingerprint density at radius 2 is 1.75 bits per heavy atom. The number of rotatable bonds is 7. The number of para-hydroxylation sites is 1. The smallest absolute Gasteiger partial charge is 0.255 e. The molecule has 1 aromatic heterocycles. The summed E-state index contributed by atoms with van der Waals surface area (Å²) in [5.74, 6) is 0.253. The maximum Gasteiger partial charge on any atom is 0.255 e. The maximum absolute atomic E-state index is 12.8. The molecule has 0 bridgehead atoms. The van der Waals surface area contributed by atoms with E-state index in [4.69, 9.17) is 4.42 Å². The summed E-state index contributed by atoms with van der Waals surface area (Å²) in [7, 11) is 0. The molecule has 0 spiro atoms. The fraction of sp³-hybridized carbons (Fsp3) is 0.273. The molecule has 1 amide bonds. The third kappa shape index (κ3) is 4.61. The van der Waals surface area contributed by atoms with Crippen molar-refractivity contribution in [3.63, 3.8) is 0 Å². The molecule has 6 heteroatoms. The number of benzene rings is 2. The summed E-state index contributed by atoms with van der Waals surface area (Å²) in [5, 5.41) is 6.54. The zero-order valence-corrected chi connectivity index (χ0v) is 16.9. The molecule has 0 unspecified atom stereocenters. The highest BCUT2D eigenvalue weighted by molar-refractivity contribution is 6.05. The fourth-order valence-corrected chi connectivity index (χ4v) is 3.01. The molecule has 5 nitrogen and oxygen atoms in total. The topological polar surface area (TPSA) is 71.3 Å². The van der Waals surface area contributed by atoms with Crippen LogP contribution in [0.1, 0.15) is 29.3 Å². The lowest BCUT2D eigenvalue weighted by atomic mass is 10.0. The van der Waals surface area contributed by atoms with Gasteiger partial charge in [-0.15, -0.1) is 12.4 Å². The molecular weight excluding hydrogens is 376 g/mol. The Bertz CT molecular complexity index is 1000. The quantitative estimate of drug-likeness (QED) is 0.589. The molecule has 0 aliphatic heterocycles. The number of carbonyl (C=O) groups excluding carboxylic acids is 1. The van der Waals surface area contributed by atoms with Crippen molar-refractivity contribution in [1.29, 1.82) is 0 Å². The molecule has 1 heterocycles. The van der Waals surface area contributed by atoms with E-state index >= 15 is 0 Å². The third-order valence-corrected chi connectivity index (χ3v) is 4.44. The molecule has 0 saturated heterocycles. The van der Waals surface area contributed by atoms with Crippen molar-refractivity contribution < 1.29 is 9.21 Å². The first-order valence-electron chi connectivity index (χ1n) is 9.24. The number of nitrogens with one attached hydrogen (secondary N) is 2. The molecule has 0 saturated carbocycles. The molecule has 0 aliphatic carbocycles. The summed E-state index contributed by atoms with van der Waals surface area (Å²) >= 11 is 0. The van der Waals surface area contributed by atoms with Crippen LogP contribution in [0.5, 0.6) is 0 Å². The van der Waals surface area contributed by atoms with Crippen molar-refractivity contribution in [2.24, 2.45) is 0 Å². The van der Waals surface area contributed by atoms with Crippen molar-refractivity contribution in [3.8, 4) is 11.3 Å². The van der Waals surface area contributed by atoms with E-state index in [1.165, 1.54) is 0 Å². The van der Waals surface area contributed by atoms with Gasteiger partial charge in [0.1, 0.15) is 5.76 Å². The normalized spacial score (nSPS) is 10.5. The van der Waals surface area contributed by atoms with Crippen molar-refractivity contribution in [1.82, 2.24) is 10.6 Å². The van der Waals surface area contributed by atoms with Gasteiger partial charge in [-0.05, 0) is 32.0 Å². The first-order valence-corrected chi connectivity index (χ1v) is 9.24. The summed E-state index contributed by atoms with van der Waals surface area (Å²) in [6.45, 7) is 5.97. The second-order valence-electron chi connectivity index (χ2n) is 6.44. The van der Waals surface area contributed by atoms with Gasteiger partial charge in [-0.25, -0.2) is 0 Å². The van der Waals surface area contributed by atoms with Gasteiger partial charge in [0.15, 0.2) is 11.0 Å². The van der Waals surface area contributed by atoms with E-state index in [1.54, 1.807) is 25.1 Å². The Hall–Kier alpha value is -2.63. The van der Waals surface area contributed by atoms with Crippen LogP contribution in [0.25, 0.3) is 22.3 Å². The molecule has 0 radical (unpaired) electrons. The van der Waals surface area contributed by atoms with Gasteiger partial charge in [-0.3, -0.25) is 9.59 Å². The molecule has 3 aromatic rings. The Kier molecular flexibility index (Phi) is 7.79. The van der Waals surface area contributed by atoms with Crippen molar-refractivity contribution in [2.75, 3.05) is 19.6 Å². The predicted octanol–water partition coefficient (Wildman–Crippen LogP) is 3.92. The number of amides is 1. The monoisotopic (exact) mass is 400 g/mol. The lowest BCUT2D eigenvalue weighted by Crippen LogP contribution is -2.32. The minimum absolute atomic E-state index is 0. The molecular formula is C22H25ClN2O3. The number of fused-ring (bicyclic) bond motifs is 1. The average molecular weight is 401 g/mol. The molecule has 3 rings (SSSR count). The lowest BCUT2D eigenvalue weighted by Gasteiger charge is -2.11. The molecule has 148 valence electrons. The second-order valence-corrected chi connectivity index (χ2v) is 6.44.